The number of benzene rings is 2. The molecule has 106 valence electrons. The van der Waals surface area contributed by atoms with E-state index in [9.17, 15) is 14.0 Å². The van der Waals surface area contributed by atoms with Crippen molar-refractivity contribution in [3.8, 4) is 0 Å². The van der Waals surface area contributed by atoms with Crippen LogP contribution in [-0.2, 0) is 11.2 Å². The molecule has 0 atom stereocenters. The molecule has 0 fully saturated rings. The van der Waals surface area contributed by atoms with Crippen molar-refractivity contribution in [3.63, 3.8) is 0 Å². The van der Waals surface area contributed by atoms with E-state index in [0.717, 1.165) is 6.07 Å². The van der Waals surface area contributed by atoms with Gasteiger partial charge < -0.3 is 5.32 Å². The van der Waals surface area contributed by atoms with Gasteiger partial charge in [-0.2, -0.15) is 0 Å². The Labute approximate surface area is 129 Å². The fourth-order valence-corrected chi connectivity index (χ4v) is 2.58. The Morgan fingerprint density at radius 1 is 1.14 bits per heavy atom. The van der Waals surface area contributed by atoms with Gasteiger partial charge in [0.15, 0.2) is 5.78 Å². The van der Waals surface area contributed by atoms with E-state index in [1.165, 1.54) is 18.2 Å². The summed E-state index contributed by atoms with van der Waals surface area (Å²) in [5.41, 5.74) is 1.68. The molecular weight excluding hydrogens is 316 g/mol. The van der Waals surface area contributed by atoms with Crippen LogP contribution in [0.2, 0.25) is 10.0 Å². The molecule has 2 aromatic rings. The average molecular weight is 324 g/mol. The molecule has 0 aliphatic carbocycles. The molecule has 3 nitrogen and oxygen atoms in total. The average Bonchev–Trinajstić information content (AvgIpc) is 2.79. The quantitative estimate of drug-likeness (QED) is 0.853. The van der Waals surface area contributed by atoms with Crippen molar-refractivity contribution < 1.29 is 14.0 Å². The molecule has 0 saturated heterocycles. The summed E-state index contributed by atoms with van der Waals surface area (Å²) < 4.78 is 13.5. The highest BCUT2D eigenvalue weighted by molar-refractivity contribution is 6.35. The predicted molar refractivity (Wildman–Crippen MR) is 78.6 cm³/mol. The molecule has 6 heteroatoms. The van der Waals surface area contributed by atoms with E-state index in [2.05, 4.69) is 5.32 Å². The third kappa shape index (κ3) is 2.52. The van der Waals surface area contributed by atoms with Crippen LogP contribution in [0.25, 0.3) is 0 Å². The first kappa shape index (κ1) is 14.0. The maximum Gasteiger partial charge on any atom is 0.228 e. The van der Waals surface area contributed by atoms with Crippen molar-refractivity contribution in [2.24, 2.45) is 0 Å². The standard InChI is InChI=1S/C15H8Cl2FNO2/c16-10-2-1-7(4-12(10)18)15(21)9-3-8-5-14(20)19-13(8)6-11(9)17/h1-4,6H,5H2,(H,19,20). The van der Waals surface area contributed by atoms with Gasteiger partial charge in [0.2, 0.25) is 5.91 Å². The number of nitrogens with one attached hydrogen (secondary N) is 1. The van der Waals surface area contributed by atoms with E-state index >= 15 is 0 Å². The lowest BCUT2D eigenvalue weighted by atomic mass is 10.00. The summed E-state index contributed by atoms with van der Waals surface area (Å²) in [4.78, 5) is 23.8. The van der Waals surface area contributed by atoms with Gasteiger partial charge in [-0.15, -0.1) is 0 Å². The summed E-state index contributed by atoms with van der Waals surface area (Å²) in [6.07, 6.45) is 0.196. The molecule has 0 radical (unpaired) electrons. The number of carbonyl (C=O) groups excluding carboxylic acids is 2. The number of carbonyl (C=O) groups is 2. The third-order valence-corrected chi connectivity index (χ3v) is 3.86. The Kier molecular flexibility index (Phi) is 3.43. The van der Waals surface area contributed by atoms with Gasteiger partial charge in [0.1, 0.15) is 5.82 Å². The number of fused-ring (bicyclic) bond motifs is 1. The molecule has 1 heterocycles. The molecule has 3 rings (SSSR count). The molecule has 0 bridgehead atoms. The number of halogens is 3. The third-order valence-electron chi connectivity index (χ3n) is 3.24. The minimum atomic E-state index is -0.670. The van der Waals surface area contributed by atoms with E-state index in [4.69, 9.17) is 23.2 Å². The molecule has 2 aromatic carbocycles. The van der Waals surface area contributed by atoms with Gasteiger partial charge in [0, 0.05) is 16.8 Å². The highest BCUT2D eigenvalue weighted by Gasteiger charge is 2.22. The summed E-state index contributed by atoms with van der Waals surface area (Å²) in [5, 5.41) is 2.80. The topological polar surface area (TPSA) is 46.2 Å². The fourth-order valence-electron chi connectivity index (χ4n) is 2.21. The van der Waals surface area contributed by atoms with Gasteiger partial charge in [-0.05, 0) is 35.9 Å². The van der Waals surface area contributed by atoms with Crippen LogP contribution < -0.4 is 5.32 Å². The molecule has 0 unspecified atom stereocenters. The predicted octanol–water partition coefficient (Wildman–Crippen LogP) is 3.86. The lowest BCUT2D eigenvalue weighted by Crippen LogP contribution is -2.04. The zero-order valence-corrected chi connectivity index (χ0v) is 12.1. The summed E-state index contributed by atoms with van der Waals surface area (Å²) >= 11 is 11.7. The molecule has 0 aromatic heterocycles. The molecule has 0 saturated carbocycles. The Hall–Kier alpha value is -1.91. The normalized spacial score (nSPS) is 13.0. The van der Waals surface area contributed by atoms with Crippen molar-refractivity contribution in [2.45, 2.75) is 6.42 Å². The van der Waals surface area contributed by atoms with Gasteiger partial charge >= 0.3 is 0 Å². The number of rotatable bonds is 2. The van der Waals surface area contributed by atoms with E-state index in [-0.39, 0.29) is 33.5 Å². The Bertz CT molecular complexity index is 789. The first-order valence-electron chi connectivity index (χ1n) is 6.08. The highest BCUT2D eigenvalue weighted by atomic mass is 35.5. The lowest BCUT2D eigenvalue weighted by molar-refractivity contribution is -0.115. The Balaban J connectivity index is 2.04. The molecule has 1 aliphatic heterocycles. The van der Waals surface area contributed by atoms with E-state index in [1.807, 2.05) is 0 Å². The monoisotopic (exact) mass is 323 g/mol. The van der Waals surface area contributed by atoms with Crippen LogP contribution in [0.4, 0.5) is 10.1 Å². The van der Waals surface area contributed by atoms with Crippen molar-refractivity contribution in [1.29, 1.82) is 0 Å². The lowest BCUT2D eigenvalue weighted by Gasteiger charge is -2.07. The zero-order valence-electron chi connectivity index (χ0n) is 10.5. The minimum absolute atomic E-state index is 0.0543. The van der Waals surface area contributed by atoms with Crippen LogP contribution >= 0.6 is 23.2 Å². The second kappa shape index (κ2) is 5.13. The summed E-state index contributed by atoms with van der Waals surface area (Å²) in [6, 6.07) is 6.90. The van der Waals surface area contributed by atoms with Gasteiger partial charge in [-0.1, -0.05) is 23.2 Å². The van der Waals surface area contributed by atoms with Crippen LogP contribution in [0.1, 0.15) is 21.5 Å². The van der Waals surface area contributed by atoms with Crippen molar-refractivity contribution in [3.05, 3.63) is 62.9 Å². The molecule has 0 spiro atoms. The smallest absolute Gasteiger partial charge is 0.228 e. The number of ketones is 1. The fraction of sp³-hybridized carbons (Fsp3) is 0.0667. The zero-order chi connectivity index (χ0) is 15.1. The van der Waals surface area contributed by atoms with Gasteiger partial charge in [0.25, 0.3) is 0 Å². The van der Waals surface area contributed by atoms with E-state index in [1.54, 1.807) is 6.07 Å². The van der Waals surface area contributed by atoms with Crippen LogP contribution in [0.3, 0.4) is 0 Å². The van der Waals surface area contributed by atoms with Crippen LogP contribution in [-0.4, -0.2) is 11.7 Å². The SMILES string of the molecule is O=C1Cc2cc(C(=O)c3ccc(Cl)c(F)c3)c(Cl)cc2N1. The highest BCUT2D eigenvalue weighted by Crippen LogP contribution is 2.31. The van der Waals surface area contributed by atoms with Crippen molar-refractivity contribution in [1.82, 2.24) is 0 Å². The maximum atomic E-state index is 13.5. The molecule has 1 amide bonds. The van der Waals surface area contributed by atoms with Gasteiger partial charge in [0.05, 0.1) is 16.5 Å². The summed E-state index contributed by atoms with van der Waals surface area (Å²) in [5.74, 6) is -1.24. The summed E-state index contributed by atoms with van der Waals surface area (Å²) in [6.45, 7) is 0. The van der Waals surface area contributed by atoms with E-state index < -0.39 is 11.6 Å². The Morgan fingerprint density at radius 2 is 1.90 bits per heavy atom. The molecule has 1 N–H and O–H groups in total. The van der Waals surface area contributed by atoms with Crippen LogP contribution in [0, 0.1) is 5.82 Å². The molecule has 21 heavy (non-hydrogen) atoms. The molecular formula is C15H8Cl2FNO2. The summed E-state index contributed by atoms with van der Waals surface area (Å²) in [7, 11) is 0. The second-order valence-corrected chi connectivity index (χ2v) is 5.49. The van der Waals surface area contributed by atoms with Gasteiger partial charge in [-0.25, -0.2) is 4.39 Å². The number of hydrogen-bond acceptors (Lipinski definition) is 2. The van der Waals surface area contributed by atoms with Gasteiger partial charge in [-0.3, -0.25) is 9.59 Å². The van der Waals surface area contributed by atoms with Crippen molar-refractivity contribution in [2.75, 3.05) is 5.32 Å². The first-order valence-corrected chi connectivity index (χ1v) is 6.83. The van der Waals surface area contributed by atoms with Crippen LogP contribution in [0.15, 0.2) is 30.3 Å². The van der Waals surface area contributed by atoms with Crippen molar-refractivity contribution >= 4 is 40.6 Å². The van der Waals surface area contributed by atoms with Crippen LogP contribution in [0.5, 0.6) is 0 Å². The minimum Gasteiger partial charge on any atom is -0.325 e. The number of amides is 1. The van der Waals surface area contributed by atoms with E-state index in [0.29, 0.717) is 11.3 Å². The number of anilines is 1. The first-order chi connectivity index (χ1) is 9.95. The molecule has 1 aliphatic rings. The largest absolute Gasteiger partial charge is 0.325 e. The maximum absolute atomic E-state index is 13.5. The number of hydrogen-bond donors (Lipinski definition) is 1. The Morgan fingerprint density at radius 3 is 2.62 bits per heavy atom. The second-order valence-electron chi connectivity index (χ2n) is 4.67.